The smallest absolute Gasteiger partial charge is 0.378 e. The second-order valence-electron chi connectivity index (χ2n) is 9.20. The first-order valence-electron chi connectivity index (χ1n) is 11.9. The van der Waals surface area contributed by atoms with E-state index in [1.807, 2.05) is 0 Å². The molecule has 0 unspecified atom stereocenters. The number of ether oxygens (including phenoxy) is 1. The van der Waals surface area contributed by atoms with E-state index in [-0.39, 0.29) is 23.2 Å². The number of halogens is 4. The first kappa shape index (κ1) is 23.8. The molecule has 2 saturated heterocycles. The second kappa shape index (κ2) is 9.06. The number of fused-ring (bicyclic) bond motifs is 2. The second-order valence-corrected chi connectivity index (χ2v) is 9.20. The molecule has 0 amide bonds. The third-order valence-corrected chi connectivity index (χ3v) is 6.74. The first-order valence-corrected chi connectivity index (χ1v) is 11.9. The Kier molecular flexibility index (Phi) is 5.82. The summed E-state index contributed by atoms with van der Waals surface area (Å²) in [5.41, 5.74) is 1.87. The molecule has 4 aromatic heterocycles. The molecule has 0 bridgehead atoms. The summed E-state index contributed by atoms with van der Waals surface area (Å²) < 4.78 is 61.3. The number of nitrogens with one attached hydrogen (secondary N) is 2. The Bertz CT molecular complexity index is 1430. The zero-order valence-corrected chi connectivity index (χ0v) is 19.8. The number of rotatable bonds is 6. The summed E-state index contributed by atoms with van der Waals surface area (Å²) in [6.07, 6.45) is -3.24. The van der Waals surface area contributed by atoms with Crippen LogP contribution < -0.4 is 10.6 Å². The molecular formula is C22H24F4N10O. The van der Waals surface area contributed by atoms with E-state index < -0.39 is 24.9 Å². The highest BCUT2D eigenvalue weighted by Gasteiger charge is 2.36. The Morgan fingerprint density at radius 2 is 2.00 bits per heavy atom. The molecule has 15 heteroatoms. The molecule has 0 aromatic carbocycles. The van der Waals surface area contributed by atoms with E-state index in [2.05, 4.69) is 40.9 Å². The zero-order chi connectivity index (χ0) is 25.7. The van der Waals surface area contributed by atoms with Crippen molar-refractivity contribution in [2.24, 2.45) is 0 Å². The monoisotopic (exact) mass is 520 g/mol. The third-order valence-electron chi connectivity index (χ3n) is 6.74. The number of hydrogen-bond donors (Lipinski definition) is 2. The Labute approximate surface area is 207 Å². The van der Waals surface area contributed by atoms with E-state index in [0.717, 1.165) is 11.2 Å². The topological polar surface area (TPSA) is 110 Å². The zero-order valence-electron chi connectivity index (χ0n) is 19.8. The average molecular weight is 520 g/mol. The van der Waals surface area contributed by atoms with E-state index in [1.165, 1.54) is 0 Å². The number of anilines is 2. The maximum atomic E-state index is 14.9. The van der Waals surface area contributed by atoms with Crippen molar-refractivity contribution in [1.82, 2.24) is 39.5 Å². The molecule has 0 saturated carbocycles. The van der Waals surface area contributed by atoms with E-state index >= 15 is 0 Å². The maximum absolute atomic E-state index is 14.9. The van der Waals surface area contributed by atoms with Crippen molar-refractivity contribution in [3.8, 4) is 11.3 Å². The van der Waals surface area contributed by atoms with Gasteiger partial charge in [0.15, 0.2) is 11.5 Å². The third kappa shape index (κ3) is 4.52. The fraction of sp³-hybridized carbons (Fsp3) is 0.500. The molecule has 2 fully saturated rings. The van der Waals surface area contributed by atoms with Crippen LogP contribution in [-0.2, 0) is 11.3 Å². The fourth-order valence-electron chi connectivity index (χ4n) is 4.77. The molecule has 0 spiro atoms. The van der Waals surface area contributed by atoms with Crippen LogP contribution in [0.4, 0.5) is 29.3 Å². The molecule has 4 aromatic rings. The molecular weight excluding hydrogens is 496 g/mol. The van der Waals surface area contributed by atoms with Crippen LogP contribution in [0.5, 0.6) is 0 Å². The highest BCUT2D eigenvalue weighted by atomic mass is 19.4. The van der Waals surface area contributed by atoms with Crippen LogP contribution in [0.3, 0.4) is 0 Å². The lowest BCUT2D eigenvalue weighted by Crippen LogP contribution is -2.57. The Morgan fingerprint density at radius 3 is 2.70 bits per heavy atom. The number of aromatic nitrogens is 7. The van der Waals surface area contributed by atoms with Crippen molar-refractivity contribution in [3.05, 3.63) is 24.4 Å². The van der Waals surface area contributed by atoms with Crippen LogP contribution in [0.15, 0.2) is 24.4 Å². The van der Waals surface area contributed by atoms with Crippen LogP contribution in [0, 0.1) is 0 Å². The number of pyridine rings is 1. The predicted octanol–water partition coefficient (Wildman–Crippen LogP) is 2.36. The molecule has 2 aliphatic heterocycles. The van der Waals surface area contributed by atoms with Crippen LogP contribution in [0.25, 0.3) is 27.9 Å². The summed E-state index contributed by atoms with van der Waals surface area (Å²) in [5, 5.41) is 18.0. The largest absolute Gasteiger partial charge is 0.408 e. The average Bonchev–Trinajstić information content (AvgIpc) is 3.42. The lowest BCUT2D eigenvalue weighted by Gasteiger charge is -2.42. The number of likely N-dealkylation sites (tertiary alicyclic amines) is 1. The standard InChI is InChI=1S/C22H24F4N10O/c1-27-19-18-13(15-2-3-17-20(28-15)36(33-31-17)11-22(24,25)26)4-7-35(18)32-21(30-19)29-16-5-6-34(8-14(16)23)12-9-37-10-12/h2-4,7,12,14,16H,5-6,8-11H2,1H3,(H2,27,29,30,32)/t14-,16+/m1/s1. The predicted molar refractivity (Wildman–Crippen MR) is 126 cm³/mol. The van der Waals surface area contributed by atoms with Gasteiger partial charge in [-0.05, 0) is 24.6 Å². The van der Waals surface area contributed by atoms with Crippen molar-refractivity contribution in [1.29, 1.82) is 0 Å². The number of nitrogens with zero attached hydrogens (tertiary/aromatic N) is 8. The van der Waals surface area contributed by atoms with Crippen LogP contribution in [0.2, 0.25) is 0 Å². The van der Waals surface area contributed by atoms with Crippen LogP contribution >= 0.6 is 0 Å². The number of piperidine rings is 1. The van der Waals surface area contributed by atoms with Crippen molar-refractivity contribution in [2.45, 2.75) is 37.4 Å². The maximum Gasteiger partial charge on any atom is 0.408 e. The van der Waals surface area contributed by atoms with E-state index in [4.69, 9.17) is 4.74 Å². The molecule has 0 aliphatic carbocycles. The van der Waals surface area contributed by atoms with Crippen molar-refractivity contribution in [2.75, 3.05) is 44.0 Å². The lowest BCUT2D eigenvalue weighted by atomic mass is 10.0. The van der Waals surface area contributed by atoms with Crippen molar-refractivity contribution in [3.63, 3.8) is 0 Å². The summed E-state index contributed by atoms with van der Waals surface area (Å²) in [7, 11) is 1.69. The Balaban J connectivity index is 1.28. The highest BCUT2D eigenvalue weighted by molar-refractivity contribution is 5.89. The summed E-state index contributed by atoms with van der Waals surface area (Å²) >= 11 is 0. The van der Waals surface area contributed by atoms with Gasteiger partial charge in [-0.25, -0.2) is 18.6 Å². The first-order chi connectivity index (χ1) is 17.8. The Morgan fingerprint density at radius 1 is 1.16 bits per heavy atom. The molecule has 37 heavy (non-hydrogen) atoms. The summed E-state index contributed by atoms with van der Waals surface area (Å²) in [6.45, 7) is 1.09. The van der Waals surface area contributed by atoms with Gasteiger partial charge in [-0.3, -0.25) is 4.90 Å². The molecule has 0 radical (unpaired) electrons. The van der Waals surface area contributed by atoms with Crippen molar-refractivity contribution >= 4 is 28.4 Å². The Hall–Kier alpha value is -3.59. The van der Waals surface area contributed by atoms with Gasteiger partial charge >= 0.3 is 6.18 Å². The summed E-state index contributed by atoms with van der Waals surface area (Å²) in [5.74, 6) is 0.726. The lowest BCUT2D eigenvalue weighted by molar-refractivity contribution is -0.142. The SMILES string of the molecule is CNc1nc(N[C@H]2CCN(C3COC3)C[C@H]2F)nn2ccc(-c3ccc4nnn(CC(F)(F)F)c4n3)c12. The fourth-order valence-corrected chi connectivity index (χ4v) is 4.77. The minimum absolute atomic E-state index is 0.0215. The quantitative estimate of drug-likeness (QED) is 0.370. The molecule has 11 nitrogen and oxygen atoms in total. The molecule has 6 rings (SSSR count). The highest BCUT2D eigenvalue weighted by Crippen LogP contribution is 2.31. The van der Waals surface area contributed by atoms with Gasteiger partial charge in [-0.1, -0.05) is 5.21 Å². The summed E-state index contributed by atoms with van der Waals surface area (Å²) in [6, 6.07) is 4.83. The van der Waals surface area contributed by atoms with Gasteiger partial charge in [0.2, 0.25) is 5.95 Å². The number of hydrogen-bond acceptors (Lipinski definition) is 9. The summed E-state index contributed by atoms with van der Waals surface area (Å²) in [4.78, 5) is 11.1. The van der Waals surface area contributed by atoms with Gasteiger partial charge in [-0.15, -0.1) is 10.2 Å². The van der Waals surface area contributed by atoms with Gasteiger partial charge in [-0.2, -0.15) is 18.2 Å². The van der Waals surface area contributed by atoms with E-state index in [9.17, 15) is 17.6 Å². The van der Waals surface area contributed by atoms with Gasteiger partial charge in [0.1, 0.15) is 23.7 Å². The minimum Gasteiger partial charge on any atom is -0.378 e. The van der Waals surface area contributed by atoms with E-state index in [0.29, 0.717) is 48.8 Å². The number of alkyl halides is 4. The van der Waals surface area contributed by atoms with Crippen molar-refractivity contribution < 1.29 is 22.3 Å². The van der Waals surface area contributed by atoms with Gasteiger partial charge in [0.25, 0.3) is 0 Å². The molecule has 2 N–H and O–H groups in total. The molecule has 6 heterocycles. The van der Waals surface area contributed by atoms with Gasteiger partial charge in [0, 0.05) is 31.9 Å². The van der Waals surface area contributed by atoms with Gasteiger partial charge in [0.05, 0.1) is 31.0 Å². The molecule has 2 aliphatic rings. The normalized spacial score (nSPS) is 21.4. The van der Waals surface area contributed by atoms with E-state index in [1.54, 1.807) is 36.0 Å². The van der Waals surface area contributed by atoms with Crippen LogP contribution in [-0.4, -0.2) is 97.3 Å². The van der Waals surface area contributed by atoms with Gasteiger partial charge < -0.3 is 15.4 Å². The van der Waals surface area contributed by atoms with Crippen LogP contribution in [0.1, 0.15) is 6.42 Å². The minimum atomic E-state index is -4.46. The molecule has 2 atom stereocenters. The molecule has 196 valence electrons.